The zero-order valence-electron chi connectivity index (χ0n) is 8.40. The summed E-state index contributed by atoms with van der Waals surface area (Å²) in [5.41, 5.74) is 2.21. The van der Waals surface area contributed by atoms with Crippen LogP contribution in [0, 0.1) is 0 Å². The minimum absolute atomic E-state index is 0.439. The van der Waals surface area contributed by atoms with Crippen molar-refractivity contribution in [3.63, 3.8) is 0 Å². The Balaban J connectivity index is 2.34. The maximum atomic E-state index is 11.4. The second-order valence-electron chi connectivity index (χ2n) is 3.76. The van der Waals surface area contributed by atoms with Gasteiger partial charge in [-0.15, -0.1) is 0 Å². The summed E-state index contributed by atoms with van der Waals surface area (Å²) in [4.78, 5) is 0. The summed E-state index contributed by atoms with van der Waals surface area (Å²) in [7, 11) is -3.09. The van der Waals surface area contributed by atoms with Crippen molar-refractivity contribution in [3.8, 4) is 0 Å². The van der Waals surface area contributed by atoms with Crippen LogP contribution >= 0.6 is 11.6 Å². The SMILES string of the molecule is CS(=O)(=O)N1CCc2ccc(Cl)cc2C1. The van der Waals surface area contributed by atoms with Gasteiger partial charge in [-0.2, -0.15) is 4.31 Å². The summed E-state index contributed by atoms with van der Waals surface area (Å²) in [5, 5.41) is 0.657. The highest BCUT2D eigenvalue weighted by Crippen LogP contribution is 2.23. The molecule has 1 aliphatic heterocycles. The maximum Gasteiger partial charge on any atom is 0.211 e. The van der Waals surface area contributed by atoms with Gasteiger partial charge in [-0.25, -0.2) is 8.42 Å². The minimum Gasteiger partial charge on any atom is -0.212 e. The third-order valence-corrected chi connectivity index (χ3v) is 4.10. The molecule has 1 aliphatic rings. The summed E-state index contributed by atoms with van der Waals surface area (Å²) in [5.74, 6) is 0. The molecule has 0 radical (unpaired) electrons. The van der Waals surface area contributed by atoms with E-state index in [9.17, 15) is 8.42 Å². The van der Waals surface area contributed by atoms with Gasteiger partial charge in [-0.05, 0) is 29.7 Å². The van der Waals surface area contributed by atoms with E-state index in [4.69, 9.17) is 11.6 Å². The number of rotatable bonds is 1. The van der Waals surface area contributed by atoms with Gasteiger partial charge >= 0.3 is 0 Å². The van der Waals surface area contributed by atoms with E-state index in [2.05, 4.69) is 0 Å². The molecule has 0 aromatic heterocycles. The van der Waals surface area contributed by atoms with Crippen LogP contribution in [0.3, 0.4) is 0 Å². The predicted molar refractivity (Wildman–Crippen MR) is 60.4 cm³/mol. The Morgan fingerprint density at radius 3 is 2.73 bits per heavy atom. The van der Waals surface area contributed by atoms with Crippen LogP contribution in [0.4, 0.5) is 0 Å². The Morgan fingerprint density at radius 1 is 1.33 bits per heavy atom. The lowest BCUT2D eigenvalue weighted by Crippen LogP contribution is -2.35. The summed E-state index contributed by atoms with van der Waals surface area (Å²) in [6.45, 7) is 1.00. The average Bonchev–Trinajstić information content (AvgIpc) is 2.15. The molecular formula is C10H12ClNO2S. The molecule has 1 aromatic carbocycles. The lowest BCUT2D eigenvalue weighted by molar-refractivity contribution is 0.395. The standard InChI is InChI=1S/C10H12ClNO2S/c1-15(13,14)12-5-4-8-2-3-10(11)6-9(8)7-12/h2-3,6H,4-5,7H2,1H3. The highest BCUT2D eigenvalue weighted by atomic mass is 35.5. The molecule has 0 N–H and O–H groups in total. The molecule has 0 amide bonds. The van der Waals surface area contributed by atoms with Crippen molar-refractivity contribution in [1.82, 2.24) is 4.31 Å². The number of sulfonamides is 1. The van der Waals surface area contributed by atoms with Crippen LogP contribution in [0.5, 0.6) is 0 Å². The van der Waals surface area contributed by atoms with E-state index in [1.54, 1.807) is 0 Å². The van der Waals surface area contributed by atoms with Gasteiger partial charge in [0, 0.05) is 18.1 Å². The van der Waals surface area contributed by atoms with Gasteiger partial charge < -0.3 is 0 Å². The Labute approximate surface area is 94.7 Å². The Kier molecular flexibility index (Phi) is 2.75. The lowest BCUT2D eigenvalue weighted by Gasteiger charge is -2.26. The van der Waals surface area contributed by atoms with Crippen molar-refractivity contribution in [1.29, 1.82) is 0 Å². The largest absolute Gasteiger partial charge is 0.212 e. The first kappa shape index (κ1) is 10.9. The van der Waals surface area contributed by atoms with Gasteiger partial charge in [-0.1, -0.05) is 17.7 Å². The topological polar surface area (TPSA) is 37.4 Å². The van der Waals surface area contributed by atoms with E-state index < -0.39 is 10.0 Å². The van der Waals surface area contributed by atoms with Crippen molar-refractivity contribution in [3.05, 3.63) is 34.3 Å². The van der Waals surface area contributed by atoms with Crippen molar-refractivity contribution < 1.29 is 8.42 Å². The maximum absolute atomic E-state index is 11.4. The first-order valence-corrected chi connectivity index (χ1v) is 6.92. The van der Waals surface area contributed by atoms with Crippen LogP contribution in [-0.2, 0) is 23.0 Å². The molecule has 0 aliphatic carbocycles. The van der Waals surface area contributed by atoms with Gasteiger partial charge in [0.1, 0.15) is 0 Å². The quantitative estimate of drug-likeness (QED) is 0.755. The number of hydrogen-bond donors (Lipinski definition) is 0. The van der Waals surface area contributed by atoms with Gasteiger partial charge in [0.25, 0.3) is 0 Å². The summed E-state index contributed by atoms with van der Waals surface area (Å²) >= 11 is 5.87. The molecular weight excluding hydrogens is 234 g/mol. The molecule has 1 heterocycles. The van der Waals surface area contributed by atoms with Crippen LogP contribution in [0.25, 0.3) is 0 Å². The van der Waals surface area contributed by atoms with Gasteiger partial charge in [0.15, 0.2) is 0 Å². The average molecular weight is 246 g/mol. The van der Waals surface area contributed by atoms with Crippen molar-refractivity contribution in [2.45, 2.75) is 13.0 Å². The van der Waals surface area contributed by atoms with Crippen molar-refractivity contribution in [2.24, 2.45) is 0 Å². The molecule has 0 fully saturated rings. The zero-order chi connectivity index (χ0) is 11.1. The fourth-order valence-electron chi connectivity index (χ4n) is 1.78. The van der Waals surface area contributed by atoms with E-state index in [-0.39, 0.29) is 0 Å². The highest BCUT2D eigenvalue weighted by Gasteiger charge is 2.22. The number of benzene rings is 1. The van der Waals surface area contributed by atoms with Crippen molar-refractivity contribution in [2.75, 3.05) is 12.8 Å². The minimum atomic E-state index is -3.09. The Hall–Kier alpha value is -0.580. The van der Waals surface area contributed by atoms with E-state index in [0.29, 0.717) is 18.1 Å². The van der Waals surface area contributed by atoms with E-state index in [0.717, 1.165) is 12.0 Å². The molecule has 0 bridgehead atoms. The van der Waals surface area contributed by atoms with Gasteiger partial charge in [0.05, 0.1) is 6.26 Å². The third-order valence-electron chi connectivity index (χ3n) is 2.61. The van der Waals surface area contributed by atoms with E-state index in [1.807, 2.05) is 18.2 Å². The monoisotopic (exact) mass is 245 g/mol. The molecule has 82 valence electrons. The van der Waals surface area contributed by atoms with Crippen LogP contribution in [0.2, 0.25) is 5.02 Å². The molecule has 0 spiro atoms. The van der Waals surface area contributed by atoms with Crippen LogP contribution < -0.4 is 0 Å². The molecule has 0 saturated carbocycles. The normalized spacial score (nSPS) is 17.5. The molecule has 2 rings (SSSR count). The van der Waals surface area contributed by atoms with Crippen molar-refractivity contribution >= 4 is 21.6 Å². The van der Waals surface area contributed by atoms with Gasteiger partial charge in [-0.3, -0.25) is 0 Å². The summed E-state index contributed by atoms with van der Waals surface area (Å²) in [6.07, 6.45) is 2.00. The smallest absolute Gasteiger partial charge is 0.211 e. The molecule has 0 unspecified atom stereocenters. The first-order chi connectivity index (χ1) is 6.97. The molecule has 0 saturated heterocycles. The Morgan fingerprint density at radius 2 is 2.07 bits per heavy atom. The number of fused-ring (bicyclic) bond motifs is 1. The lowest BCUT2D eigenvalue weighted by atomic mass is 10.0. The van der Waals surface area contributed by atoms with Crippen LogP contribution in [0.1, 0.15) is 11.1 Å². The molecule has 1 aromatic rings. The molecule has 3 nitrogen and oxygen atoms in total. The first-order valence-electron chi connectivity index (χ1n) is 4.69. The Bertz CT molecular complexity index is 484. The van der Waals surface area contributed by atoms with Gasteiger partial charge in [0.2, 0.25) is 10.0 Å². The number of hydrogen-bond acceptors (Lipinski definition) is 2. The zero-order valence-corrected chi connectivity index (χ0v) is 9.98. The fourth-order valence-corrected chi connectivity index (χ4v) is 2.77. The second kappa shape index (κ2) is 3.77. The summed E-state index contributed by atoms with van der Waals surface area (Å²) in [6, 6.07) is 5.65. The highest BCUT2D eigenvalue weighted by molar-refractivity contribution is 7.88. The fraction of sp³-hybridized carbons (Fsp3) is 0.400. The van der Waals surface area contributed by atoms with E-state index in [1.165, 1.54) is 16.1 Å². The van der Waals surface area contributed by atoms with E-state index >= 15 is 0 Å². The second-order valence-corrected chi connectivity index (χ2v) is 6.18. The predicted octanol–water partition coefficient (Wildman–Crippen LogP) is 1.66. The molecule has 15 heavy (non-hydrogen) atoms. The number of halogens is 1. The van der Waals surface area contributed by atoms with Crippen LogP contribution in [0.15, 0.2) is 18.2 Å². The number of nitrogens with zero attached hydrogens (tertiary/aromatic N) is 1. The summed E-state index contributed by atoms with van der Waals surface area (Å²) < 4.78 is 24.2. The third kappa shape index (κ3) is 2.33. The molecule has 5 heteroatoms. The van der Waals surface area contributed by atoms with Crippen LogP contribution in [-0.4, -0.2) is 25.5 Å². The molecule has 0 atom stereocenters.